The number of amides is 1. The molecule has 5 rings (SSSR count). The van der Waals surface area contributed by atoms with Crippen molar-refractivity contribution in [3.63, 3.8) is 0 Å². The molecule has 7 nitrogen and oxygen atoms in total. The lowest BCUT2D eigenvalue weighted by molar-refractivity contribution is -0.174. The Labute approximate surface area is 267 Å². The molecule has 3 aromatic carbocycles. The van der Waals surface area contributed by atoms with Gasteiger partial charge in [-0.15, -0.1) is 0 Å². The Morgan fingerprint density at radius 3 is 2.44 bits per heavy atom. The molecule has 0 bridgehead atoms. The SMILES string of the molecule is CN(CC(CCN1CCCN(c2nc3ccccc3n2CCOCC(F)(F)F)CC1)c1ccc(Cl)cc1)C(=O)c1ccccc1. The zero-order chi connectivity index (χ0) is 31.8. The van der Waals surface area contributed by atoms with Crippen molar-refractivity contribution in [3.05, 3.63) is 95.0 Å². The van der Waals surface area contributed by atoms with Crippen molar-refractivity contribution in [1.82, 2.24) is 19.4 Å². The number of halogens is 4. The van der Waals surface area contributed by atoms with Crippen LogP contribution in [0.15, 0.2) is 78.9 Å². The lowest BCUT2D eigenvalue weighted by Crippen LogP contribution is -2.35. The van der Waals surface area contributed by atoms with Crippen LogP contribution < -0.4 is 4.90 Å². The summed E-state index contributed by atoms with van der Waals surface area (Å²) in [6, 6.07) is 24.9. The Hall–Kier alpha value is -3.60. The molecule has 1 aliphatic heterocycles. The van der Waals surface area contributed by atoms with Gasteiger partial charge in [0.15, 0.2) is 0 Å². The molecular formula is C34H39ClF3N5O2. The van der Waals surface area contributed by atoms with Gasteiger partial charge < -0.3 is 24.0 Å². The Bertz CT molecular complexity index is 1530. The maximum atomic E-state index is 13.1. The minimum absolute atomic E-state index is 0.00771. The van der Waals surface area contributed by atoms with E-state index in [0.29, 0.717) is 17.1 Å². The highest BCUT2D eigenvalue weighted by Crippen LogP contribution is 2.26. The predicted molar refractivity (Wildman–Crippen MR) is 172 cm³/mol. The average Bonchev–Trinajstić information content (AvgIpc) is 3.23. The number of likely N-dealkylation sites (N-methyl/N-ethyl adjacent to an activating group) is 1. The van der Waals surface area contributed by atoms with Gasteiger partial charge in [-0.05, 0) is 67.9 Å². The van der Waals surface area contributed by atoms with Gasteiger partial charge in [0.1, 0.15) is 6.61 Å². The second kappa shape index (κ2) is 15.1. The fourth-order valence-corrected chi connectivity index (χ4v) is 6.04. The Morgan fingerprint density at radius 1 is 0.956 bits per heavy atom. The van der Waals surface area contributed by atoms with Crippen LogP contribution in [0.2, 0.25) is 5.02 Å². The van der Waals surface area contributed by atoms with Gasteiger partial charge in [-0.1, -0.05) is 54.1 Å². The molecule has 1 aromatic heterocycles. The summed E-state index contributed by atoms with van der Waals surface area (Å²) in [6.45, 7) is 3.66. The van der Waals surface area contributed by atoms with Crippen molar-refractivity contribution in [2.75, 3.05) is 64.4 Å². The van der Waals surface area contributed by atoms with Crippen LogP contribution in [0, 0.1) is 0 Å². The van der Waals surface area contributed by atoms with Gasteiger partial charge in [-0.25, -0.2) is 4.98 Å². The lowest BCUT2D eigenvalue weighted by Gasteiger charge is -2.28. The van der Waals surface area contributed by atoms with Gasteiger partial charge in [0, 0.05) is 56.3 Å². The largest absolute Gasteiger partial charge is 0.411 e. The van der Waals surface area contributed by atoms with Gasteiger partial charge in [0.2, 0.25) is 5.95 Å². The van der Waals surface area contributed by atoms with E-state index in [4.69, 9.17) is 21.3 Å². The van der Waals surface area contributed by atoms with Gasteiger partial charge in [-0.2, -0.15) is 13.2 Å². The van der Waals surface area contributed by atoms with Crippen molar-refractivity contribution in [2.45, 2.75) is 31.5 Å². The molecule has 1 fully saturated rings. The molecule has 1 atom stereocenters. The van der Waals surface area contributed by atoms with E-state index in [-0.39, 0.29) is 25.0 Å². The van der Waals surface area contributed by atoms with E-state index >= 15 is 0 Å². The first kappa shape index (κ1) is 32.8. The first-order chi connectivity index (χ1) is 21.7. The fourth-order valence-electron chi connectivity index (χ4n) is 5.91. The average molecular weight is 642 g/mol. The molecular weight excluding hydrogens is 603 g/mol. The maximum absolute atomic E-state index is 13.1. The molecule has 4 aromatic rings. The number of carbonyl (C=O) groups excluding carboxylic acids is 1. The van der Waals surface area contributed by atoms with E-state index in [1.807, 2.05) is 90.5 Å². The molecule has 1 unspecified atom stereocenters. The predicted octanol–water partition coefficient (Wildman–Crippen LogP) is 6.73. The summed E-state index contributed by atoms with van der Waals surface area (Å²) in [6.07, 6.45) is -2.57. The number of anilines is 1. The van der Waals surface area contributed by atoms with Crippen LogP contribution >= 0.6 is 11.6 Å². The number of hydrogen-bond acceptors (Lipinski definition) is 5. The molecule has 2 heterocycles. The summed E-state index contributed by atoms with van der Waals surface area (Å²) in [5.41, 5.74) is 3.50. The van der Waals surface area contributed by atoms with Crippen LogP contribution in [-0.4, -0.2) is 91.0 Å². The number of imidazole rings is 1. The molecule has 0 spiro atoms. The molecule has 45 heavy (non-hydrogen) atoms. The van der Waals surface area contributed by atoms with Crippen molar-refractivity contribution in [1.29, 1.82) is 0 Å². The molecule has 0 aliphatic carbocycles. The molecule has 1 amide bonds. The molecule has 0 radical (unpaired) electrons. The van der Waals surface area contributed by atoms with Gasteiger partial charge in [0.25, 0.3) is 5.91 Å². The molecule has 1 saturated heterocycles. The zero-order valence-corrected chi connectivity index (χ0v) is 26.2. The molecule has 240 valence electrons. The molecule has 0 saturated carbocycles. The topological polar surface area (TPSA) is 53.8 Å². The highest BCUT2D eigenvalue weighted by molar-refractivity contribution is 6.30. The summed E-state index contributed by atoms with van der Waals surface area (Å²) in [7, 11) is 1.85. The number of para-hydroxylation sites is 2. The number of ether oxygens (including phenoxy) is 1. The van der Waals surface area contributed by atoms with Crippen molar-refractivity contribution >= 4 is 34.5 Å². The molecule has 0 N–H and O–H groups in total. The van der Waals surface area contributed by atoms with E-state index in [1.54, 1.807) is 4.90 Å². The van der Waals surface area contributed by atoms with E-state index in [1.165, 1.54) is 0 Å². The van der Waals surface area contributed by atoms with Gasteiger partial charge >= 0.3 is 6.18 Å². The maximum Gasteiger partial charge on any atom is 0.411 e. The summed E-state index contributed by atoms with van der Waals surface area (Å²) >= 11 is 6.19. The first-order valence-electron chi connectivity index (χ1n) is 15.3. The van der Waals surface area contributed by atoms with Crippen LogP contribution in [0.3, 0.4) is 0 Å². The van der Waals surface area contributed by atoms with Gasteiger partial charge in [-0.3, -0.25) is 4.79 Å². The fraction of sp³-hybridized carbons (Fsp3) is 0.412. The highest BCUT2D eigenvalue weighted by Gasteiger charge is 2.28. The smallest absolute Gasteiger partial charge is 0.370 e. The third kappa shape index (κ3) is 8.99. The molecule has 11 heteroatoms. The van der Waals surface area contributed by atoms with Crippen LogP contribution in [0.5, 0.6) is 0 Å². The summed E-state index contributed by atoms with van der Waals surface area (Å²) in [5, 5.41) is 0.678. The lowest BCUT2D eigenvalue weighted by atomic mass is 9.94. The van der Waals surface area contributed by atoms with Crippen LogP contribution in [0.1, 0.15) is 34.7 Å². The third-order valence-electron chi connectivity index (χ3n) is 8.23. The number of fused-ring (bicyclic) bond motifs is 1. The van der Waals surface area contributed by atoms with Crippen molar-refractivity contribution < 1.29 is 22.7 Å². The number of alkyl halides is 3. The number of hydrogen-bond donors (Lipinski definition) is 0. The van der Waals surface area contributed by atoms with Gasteiger partial charge in [0.05, 0.1) is 17.6 Å². The minimum atomic E-state index is -4.35. The number of aromatic nitrogens is 2. The van der Waals surface area contributed by atoms with E-state index in [9.17, 15) is 18.0 Å². The second-order valence-electron chi connectivity index (χ2n) is 11.5. The van der Waals surface area contributed by atoms with Crippen LogP contribution in [-0.2, 0) is 11.3 Å². The van der Waals surface area contributed by atoms with E-state index in [2.05, 4.69) is 9.80 Å². The number of benzene rings is 3. The monoisotopic (exact) mass is 641 g/mol. The quantitative estimate of drug-likeness (QED) is 0.161. The number of nitrogens with zero attached hydrogens (tertiary/aromatic N) is 5. The normalized spacial score (nSPS) is 15.3. The zero-order valence-electron chi connectivity index (χ0n) is 25.4. The number of rotatable bonds is 12. The van der Waals surface area contributed by atoms with Crippen molar-refractivity contribution in [2.24, 2.45) is 0 Å². The Balaban J connectivity index is 1.24. The first-order valence-corrected chi connectivity index (χ1v) is 15.7. The van der Waals surface area contributed by atoms with Crippen LogP contribution in [0.4, 0.5) is 19.1 Å². The molecule has 1 aliphatic rings. The number of carbonyl (C=O) groups is 1. The summed E-state index contributed by atoms with van der Waals surface area (Å²) in [4.78, 5) is 24.5. The Kier molecular flexibility index (Phi) is 11.0. The standard InChI is InChI=1S/C34H39ClF3N5O2/c1-40(32(44)27-8-3-2-4-9-27)24-28(26-12-14-29(35)15-13-26)16-19-41-17-7-18-42(21-20-41)33-39-30-10-5-6-11-31(30)43(33)22-23-45-25-34(36,37)38/h2-6,8-15,28H,7,16-25H2,1H3. The third-order valence-corrected chi connectivity index (χ3v) is 8.48. The summed E-state index contributed by atoms with van der Waals surface area (Å²) in [5.74, 6) is 0.876. The van der Waals surface area contributed by atoms with E-state index in [0.717, 1.165) is 68.1 Å². The van der Waals surface area contributed by atoms with Crippen molar-refractivity contribution in [3.8, 4) is 0 Å². The Morgan fingerprint density at radius 2 is 1.69 bits per heavy atom. The van der Waals surface area contributed by atoms with E-state index < -0.39 is 12.8 Å². The summed E-state index contributed by atoms with van der Waals surface area (Å²) < 4.78 is 44.8. The second-order valence-corrected chi connectivity index (χ2v) is 11.9. The highest BCUT2D eigenvalue weighted by atomic mass is 35.5. The van der Waals surface area contributed by atoms with Crippen LogP contribution in [0.25, 0.3) is 11.0 Å². The minimum Gasteiger partial charge on any atom is -0.370 e.